The molecule has 14 heavy (non-hydrogen) atoms. The quantitative estimate of drug-likeness (QED) is 0.773. The summed E-state index contributed by atoms with van der Waals surface area (Å²) in [6.45, 7) is 2.20. The summed E-state index contributed by atoms with van der Waals surface area (Å²) >= 11 is 1.91. The van der Waals surface area contributed by atoms with Gasteiger partial charge in [0.05, 0.1) is 0 Å². The second-order valence-corrected chi connectivity index (χ2v) is 4.87. The van der Waals surface area contributed by atoms with E-state index >= 15 is 0 Å². The third kappa shape index (κ3) is 2.03. The number of thioether (sulfide) groups is 1. The lowest BCUT2D eigenvalue weighted by Crippen LogP contribution is -1.98. The summed E-state index contributed by atoms with van der Waals surface area (Å²) in [5.41, 5.74) is 7.22. The monoisotopic (exact) mass is 208 g/mol. The van der Waals surface area contributed by atoms with Gasteiger partial charge in [0.25, 0.3) is 0 Å². The van der Waals surface area contributed by atoms with E-state index in [0.717, 1.165) is 5.82 Å². The molecule has 0 aliphatic heterocycles. The molecule has 0 aromatic carbocycles. The Labute approximate surface area is 89.3 Å². The molecule has 0 saturated heterocycles. The Balaban J connectivity index is 2.23. The first-order valence-electron chi connectivity index (χ1n) is 5.20. The number of hydrogen-bond acceptors (Lipinski definition) is 3. The van der Waals surface area contributed by atoms with Crippen molar-refractivity contribution in [1.82, 2.24) is 4.98 Å². The lowest BCUT2D eigenvalue weighted by atomic mass is 10.2. The third-order valence-corrected chi connectivity index (χ3v) is 3.71. The van der Waals surface area contributed by atoms with Gasteiger partial charge in [-0.1, -0.05) is 6.92 Å². The fourth-order valence-electron chi connectivity index (χ4n) is 1.59. The van der Waals surface area contributed by atoms with Crippen molar-refractivity contribution in [2.45, 2.75) is 37.0 Å². The molecule has 1 aromatic heterocycles. The fourth-order valence-corrected chi connectivity index (χ4v) is 2.60. The van der Waals surface area contributed by atoms with Crippen LogP contribution in [0.3, 0.4) is 0 Å². The van der Waals surface area contributed by atoms with Gasteiger partial charge in [-0.15, -0.1) is 11.8 Å². The second kappa shape index (κ2) is 4.22. The van der Waals surface area contributed by atoms with Crippen LogP contribution in [-0.4, -0.2) is 10.7 Å². The standard InChI is InChI=1S/C11H16N2S/c1-2-7-14-9-5-6-13-11(12)10(9)8-3-4-8/h5-6,8H,2-4,7H2,1H3,(H2,12,13). The summed E-state index contributed by atoms with van der Waals surface area (Å²) < 4.78 is 0. The summed E-state index contributed by atoms with van der Waals surface area (Å²) in [5, 5.41) is 0. The van der Waals surface area contributed by atoms with E-state index in [1.165, 1.54) is 35.5 Å². The maximum atomic E-state index is 5.91. The van der Waals surface area contributed by atoms with E-state index in [-0.39, 0.29) is 0 Å². The zero-order valence-corrected chi connectivity index (χ0v) is 9.31. The van der Waals surface area contributed by atoms with Crippen molar-refractivity contribution in [2.75, 3.05) is 11.5 Å². The topological polar surface area (TPSA) is 38.9 Å². The highest BCUT2D eigenvalue weighted by molar-refractivity contribution is 7.99. The molecule has 0 amide bonds. The molecule has 0 radical (unpaired) electrons. The van der Waals surface area contributed by atoms with Crippen LogP contribution in [0, 0.1) is 0 Å². The number of pyridine rings is 1. The van der Waals surface area contributed by atoms with Gasteiger partial charge in [0.1, 0.15) is 5.82 Å². The first-order valence-corrected chi connectivity index (χ1v) is 6.18. The molecule has 1 aliphatic rings. The molecule has 1 aromatic rings. The third-order valence-electron chi connectivity index (χ3n) is 2.43. The number of hydrogen-bond donors (Lipinski definition) is 1. The Kier molecular flexibility index (Phi) is 2.96. The Bertz CT molecular complexity index is 321. The van der Waals surface area contributed by atoms with Crippen LogP contribution in [0.5, 0.6) is 0 Å². The zero-order chi connectivity index (χ0) is 9.97. The van der Waals surface area contributed by atoms with Gasteiger partial charge < -0.3 is 5.73 Å². The van der Waals surface area contributed by atoms with Crippen LogP contribution in [0.1, 0.15) is 37.7 Å². The Morgan fingerprint density at radius 1 is 1.57 bits per heavy atom. The van der Waals surface area contributed by atoms with Gasteiger partial charge in [-0.2, -0.15) is 0 Å². The first kappa shape index (κ1) is 9.84. The lowest BCUT2D eigenvalue weighted by molar-refractivity contribution is 1.04. The number of aromatic nitrogens is 1. The number of rotatable bonds is 4. The minimum absolute atomic E-state index is 0.697. The van der Waals surface area contributed by atoms with E-state index in [9.17, 15) is 0 Å². The molecule has 0 unspecified atom stereocenters. The smallest absolute Gasteiger partial charge is 0.127 e. The molecule has 0 spiro atoms. The van der Waals surface area contributed by atoms with Crippen LogP contribution in [0.4, 0.5) is 5.82 Å². The van der Waals surface area contributed by atoms with E-state index in [1.54, 1.807) is 0 Å². The normalized spacial score (nSPS) is 15.8. The highest BCUT2D eigenvalue weighted by Gasteiger charge is 2.28. The molecule has 1 heterocycles. The predicted molar refractivity (Wildman–Crippen MR) is 61.6 cm³/mol. The highest BCUT2D eigenvalue weighted by Crippen LogP contribution is 2.46. The molecular formula is C11H16N2S. The van der Waals surface area contributed by atoms with Crippen LogP contribution in [0.25, 0.3) is 0 Å². The van der Waals surface area contributed by atoms with Crippen molar-refractivity contribution in [3.8, 4) is 0 Å². The SMILES string of the molecule is CCCSc1ccnc(N)c1C1CC1. The summed E-state index contributed by atoms with van der Waals surface area (Å²) in [6, 6.07) is 2.10. The summed E-state index contributed by atoms with van der Waals surface area (Å²) in [5.74, 6) is 2.61. The molecule has 2 nitrogen and oxygen atoms in total. The van der Waals surface area contributed by atoms with Gasteiger partial charge in [-0.05, 0) is 37.0 Å². The summed E-state index contributed by atoms with van der Waals surface area (Å²) in [6.07, 6.45) is 5.60. The Hall–Kier alpha value is -0.700. The minimum atomic E-state index is 0.697. The van der Waals surface area contributed by atoms with E-state index in [1.807, 2.05) is 18.0 Å². The highest BCUT2D eigenvalue weighted by atomic mass is 32.2. The fraction of sp³-hybridized carbons (Fsp3) is 0.545. The molecular weight excluding hydrogens is 192 g/mol. The van der Waals surface area contributed by atoms with E-state index in [0.29, 0.717) is 5.92 Å². The Morgan fingerprint density at radius 2 is 2.36 bits per heavy atom. The molecule has 1 fully saturated rings. The number of nitrogens with two attached hydrogens (primary N) is 1. The van der Waals surface area contributed by atoms with Crippen molar-refractivity contribution >= 4 is 17.6 Å². The molecule has 0 bridgehead atoms. The minimum Gasteiger partial charge on any atom is -0.383 e. The van der Waals surface area contributed by atoms with Crippen LogP contribution >= 0.6 is 11.8 Å². The molecule has 0 atom stereocenters. The van der Waals surface area contributed by atoms with Gasteiger partial charge >= 0.3 is 0 Å². The number of anilines is 1. The zero-order valence-electron chi connectivity index (χ0n) is 8.49. The largest absolute Gasteiger partial charge is 0.383 e. The Morgan fingerprint density at radius 3 is 3.00 bits per heavy atom. The van der Waals surface area contributed by atoms with Gasteiger partial charge in [0.15, 0.2) is 0 Å². The van der Waals surface area contributed by atoms with E-state index in [4.69, 9.17) is 5.73 Å². The van der Waals surface area contributed by atoms with Gasteiger partial charge in [0.2, 0.25) is 0 Å². The van der Waals surface area contributed by atoms with Crippen molar-refractivity contribution < 1.29 is 0 Å². The predicted octanol–water partition coefficient (Wildman–Crippen LogP) is 3.04. The number of nitrogen functional groups attached to an aromatic ring is 1. The van der Waals surface area contributed by atoms with Crippen LogP contribution in [0.2, 0.25) is 0 Å². The van der Waals surface area contributed by atoms with Crippen molar-refractivity contribution in [2.24, 2.45) is 0 Å². The van der Waals surface area contributed by atoms with Crippen LogP contribution in [-0.2, 0) is 0 Å². The van der Waals surface area contributed by atoms with Gasteiger partial charge in [0, 0.05) is 16.7 Å². The van der Waals surface area contributed by atoms with E-state index < -0.39 is 0 Å². The molecule has 3 heteroatoms. The summed E-state index contributed by atoms with van der Waals surface area (Å²) in [7, 11) is 0. The van der Waals surface area contributed by atoms with Crippen LogP contribution in [0.15, 0.2) is 17.2 Å². The van der Waals surface area contributed by atoms with Crippen molar-refractivity contribution in [3.05, 3.63) is 17.8 Å². The van der Waals surface area contributed by atoms with Crippen LogP contribution < -0.4 is 5.73 Å². The molecule has 1 saturated carbocycles. The average Bonchev–Trinajstić information content (AvgIpc) is 2.98. The molecule has 2 rings (SSSR count). The van der Waals surface area contributed by atoms with Crippen molar-refractivity contribution in [1.29, 1.82) is 0 Å². The maximum absolute atomic E-state index is 5.91. The first-order chi connectivity index (χ1) is 6.83. The molecule has 76 valence electrons. The summed E-state index contributed by atoms with van der Waals surface area (Å²) in [4.78, 5) is 5.52. The average molecular weight is 208 g/mol. The number of nitrogens with zero attached hydrogens (tertiary/aromatic N) is 1. The molecule has 1 aliphatic carbocycles. The van der Waals surface area contributed by atoms with E-state index in [2.05, 4.69) is 18.0 Å². The molecule has 2 N–H and O–H groups in total. The maximum Gasteiger partial charge on any atom is 0.127 e. The van der Waals surface area contributed by atoms with Crippen molar-refractivity contribution in [3.63, 3.8) is 0 Å². The second-order valence-electron chi connectivity index (χ2n) is 3.73. The van der Waals surface area contributed by atoms with Gasteiger partial charge in [-0.3, -0.25) is 0 Å². The van der Waals surface area contributed by atoms with Gasteiger partial charge in [-0.25, -0.2) is 4.98 Å². The lowest BCUT2D eigenvalue weighted by Gasteiger charge is -2.09.